The third-order valence-electron chi connectivity index (χ3n) is 11.1. The molecule has 0 atom stereocenters. The van der Waals surface area contributed by atoms with Crippen LogP contribution in [0.5, 0.6) is 0 Å². The van der Waals surface area contributed by atoms with E-state index in [9.17, 15) is 0 Å². The highest BCUT2D eigenvalue weighted by Gasteiger charge is 2.21. The smallest absolute Gasteiger partial charge is 0.0788 e. The van der Waals surface area contributed by atoms with E-state index in [1.807, 2.05) is 0 Å². The number of pyridine rings is 1. The van der Waals surface area contributed by atoms with Crippen molar-refractivity contribution in [2.45, 2.75) is 0 Å². The van der Waals surface area contributed by atoms with Gasteiger partial charge in [-0.2, -0.15) is 0 Å². The monoisotopic (exact) mass is 713 g/mol. The van der Waals surface area contributed by atoms with Crippen LogP contribution in [0.3, 0.4) is 0 Å². The molecule has 0 saturated carbocycles. The second-order valence-corrected chi connectivity index (χ2v) is 14.4. The van der Waals surface area contributed by atoms with Crippen molar-refractivity contribution in [1.82, 2.24) is 14.1 Å². The summed E-state index contributed by atoms with van der Waals surface area (Å²) < 4.78 is 4.90. The fraction of sp³-hybridized carbons (Fsp3) is 0. The first-order chi connectivity index (χ1) is 27.8. The molecule has 3 heterocycles. The zero-order valence-electron chi connectivity index (χ0n) is 30.5. The Kier molecular flexibility index (Phi) is 7.49. The zero-order chi connectivity index (χ0) is 37.0. The molecule has 0 bridgehead atoms. The van der Waals surface area contributed by atoms with Crippen LogP contribution in [0.15, 0.2) is 212 Å². The van der Waals surface area contributed by atoms with E-state index in [2.05, 4.69) is 221 Å². The molecule has 0 aliphatic carbocycles. The highest BCUT2D eigenvalue weighted by molar-refractivity contribution is 6.23. The van der Waals surface area contributed by atoms with E-state index in [0.717, 1.165) is 50.6 Å². The highest BCUT2D eigenvalue weighted by Crippen LogP contribution is 2.42. The predicted molar refractivity (Wildman–Crippen MR) is 235 cm³/mol. The first kappa shape index (κ1) is 32.0. The van der Waals surface area contributed by atoms with Crippen molar-refractivity contribution in [3.8, 4) is 56.1 Å². The third kappa shape index (κ3) is 5.17. The van der Waals surface area contributed by atoms with Crippen LogP contribution in [0.25, 0.3) is 99.8 Å². The number of aromatic nitrogens is 3. The van der Waals surface area contributed by atoms with E-state index in [4.69, 9.17) is 4.98 Å². The van der Waals surface area contributed by atoms with Crippen LogP contribution in [0.2, 0.25) is 0 Å². The fourth-order valence-electron chi connectivity index (χ4n) is 8.61. The Balaban J connectivity index is 1.18. The van der Waals surface area contributed by atoms with Crippen molar-refractivity contribution in [2.24, 2.45) is 0 Å². The van der Waals surface area contributed by atoms with Crippen LogP contribution in [0, 0.1) is 0 Å². The van der Waals surface area contributed by atoms with Crippen molar-refractivity contribution in [3.63, 3.8) is 0 Å². The van der Waals surface area contributed by atoms with Gasteiger partial charge < -0.3 is 9.13 Å². The maximum atomic E-state index is 5.45. The molecule has 0 amide bonds. The molecule has 56 heavy (non-hydrogen) atoms. The van der Waals surface area contributed by atoms with Gasteiger partial charge in [-0.3, -0.25) is 0 Å². The van der Waals surface area contributed by atoms with Gasteiger partial charge in [0.05, 0.1) is 33.5 Å². The van der Waals surface area contributed by atoms with Crippen molar-refractivity contribution in [2.75, 3.05) is 0 Å². The van der Waals surface area contributed by atoms with Crippen LogP contribution in [0.4, 0.5) is 0 Å². The number of benzene rings is 8. The molecule has 0 aliphatic rings. The number of rotatable bonds is 6. The molecule has 0 saturated heterocycles. The van der Waals surface area contributed by atoms with Gasteiger partial charge in [-0.1, -0.05) is 164 Å². The SMILES string of the molecule is c1ccc(-c2cc(-c3cccc(-n4c5ccccc5c5ccc6c7ccccc7n(-c7ccccc7)c6c54)c3)nc(-c3ccccc3-c3ccccc3)c2)cc1. The average molecular weight is 714 g/mol. The molecule has 0 N–H and O–H groups in total. The van der Waals surface area contributed by atoms with Crippen molar-refractivity contribution in [3.05, 3.63) is 212 Å². The highest BCUT2D eigenvalue weighted by atomic mass is 15.0. The molecule has 3 heteroatoms. The van der Waals surface area contributed by atoms with Gasteiger partial charge in [-0.05, 0) is 70.8 Å². The van der Waals surface area contributed by atoms with Gasteiger partial charge in [0, 0.05) is 44.0 Å². The van der Waals surface area contributed by atoms with Gasteiger partial charge in [0.2, 0.25) is 0 Å². The van der Waals surface area contributed by atoms with E-state index in [1.165, 1.54) is 49.2 Å². The van der Waals surface area contributed by atoms with Crippen LogP contribution in [0.1, 0.15) is 0 Å². The average Bonchev–Trinajstić information content (AvgIpc) is 3.80. The molecule has 0 aliphatic heterocycles. The number of para-hydroxylation sites is 3. The topological polar surface area (TPSA) is 22.8 Å². The normalized spacial score (nSPS) is 11.6. The van der Waals surface area contributed by atoms with Crippen molar-refractivity contribution in [1.29, 1.82) is 0 Å². The maximum Gasteiger partial charge on any atom is 0.0788 e. The minimum Gasteiger partial charge on any atom is -0.307 e. The lowest BCUT2D eigenvalue weighted by Crippen LogP contribution is -1.99. The summed E-state index contributed by atoms with van der Waals surface area (Å²) in [5.41, 5.74) is 15.6. The summed E-state index contributed by atoms with van der Waals surface area (Å²) in [5, 5.41) is 4.92. The summed E-state index contributed by atoms with van der Waals surface area (Å²) in [6.07, 6.45) is 0. The van der Waals surface area contributed by atoms with Gasteiger partial charge >= 0.3 is 0 Å². The van der Waals surface area contributed by atoms with Gasteiger partial charge in [0.25, 0.3) is 0 Å². The first-order valence-corrected chi connectivity index (χ1v) is 19.1. The summed E-state index contributed by atoms with van der Waals surface area (Å²) in [6.45, 7) is 0. The summed E-state index contributed by atoms with van der Waals surface area (Å²) in [4.78, 5) is 5.45. The van der Waals surface area contributed by atoms with Gasteiger partial charge in [-0.25, -0.2) is 4.98 Å². The van der Waals surface area contributed by atoms with Crippen LogP contribution >= 0.6 is 0 Å². The van der Waals surface area contributed by atoms with E-state index in [-0.39, 0.29) is 0 Å². The Hall–Kier alpha value is -7.49. The van der Waals surface area contributed by atoms with E-state index in [1.54, 1.807) is 0 Å². The maximum absolute atomic E-state index is 5.45. The summed E-state index contributed by atoms with van der Waals surface area (Å²) in [7, 11) is 0. The number of hydrogen-bond acceptors (Lipinski definition) is 1. The van der Waals surface area contributed by atoms with Gasteiger partial charge in [0.15, 0.2) is 0 Å². The molecule has 0 unspecified atom stereocenters. The Morgan fingerprint density at radius 3 is 1.43 bits per heavy atom. The lowest BCUT2D eigenvalue weighted by atomic mass is 9.95. The molecule has 11 rings (SSSR count). The Bertz CT molecular complexity index is 3230. The Morgan fingerprint density at radius 2 is 0.768 bits per heavy atom. The lowest BCUT2D eigenvalue weighted by Gasteiger charge is -2.15. The summed E-state index contributed by atoms with van der Waals surface area (Å²) in [6, 6.07) is 76.1. The van der Waals surface area contributed by atoms with Crippen LogP contribution in [-0.4, -0.2) is 14.1 Å². The van der Waals surface area contributed by atoms with E-state index >= 15 is 0 Å². The largest absolute Gasteiger partial charge is 0.307 e. The lowest BCUT2D eigenvalue weighted by molar-refractivity contribution is 1.15. The molecule has 3 nitrogen and oxygen atoms in total. The Morgan fingerprint density at radius 1 is 0.286 bits per heavy atom. The molecule has 0 radical (unpaired) electrons. The molecule has 3 aromatic heterocycles. The zero-order valence-corrected chi connectivity index (χ0v) is 30.5. The summed E-state index contributed by atoms with van der Waals surface area (Å²) in [5.74, 6) is 0. The second kappa shape index (κ2) is 13.1. The van der Waals surface area contributed by atoms with E-state index in [0.29, 0.717) is 0 Å². The third-order valence-corrected chi connectivity index (χ3v) is 11.1. The molecule has 0 spiro atoms. The fourth-order valence-corrected chi connectivity index (χ4v) is 8.61. The van der Waals surface area contributed by atoms with Gasteiger partial charge in [0.1, 0.15) is 0 Å². The standard InChI is InChI=1S/C53H35N3/c1-4-17-36(18-5-1)39-34-48(54-49(35-39)43-26-11-10-25-42(43)37-19-6-2-7-20-37)38-21-16-24-41(33-38)56-51-30-15-13-28-45(51)47-32-31-46-44-27-12-14-29-50(44)55(52(46)53(47)56)40-22-8-3-9-23-40/h1-35H. The number of fused-ring (bicyclic) bond motifs is 7. The van der Waals surface area contributed by atoms with Crippen molar-refractivity contribution >= 4 is 43.6 Å². The minimum atomic E-state index is 0.926. The number of hydrogen-bond donors (Lipinski definition) is 0. The number of nitrogens with zero attached hydrogens (tertiary/aromatic N) is 3. The molecule has 0 fully saturated rings. The first-order valence-electron chi connectivity index (χ1n) is 19.1. The minimum absolute atomic E-state index is 0.926. The van der Waals surface area contributed by atoms with Crippen molar-refractivity contribution < 1.29 is 0 Å². The van der Waals surface area contributed by atoms with Crippen LogP contribution in [-0.2, 0) is 0 Å². The Labute approximate surface area is 325 Å². The van der Waals surface area contributed by atoms with Gasteiger partial charge in [-0.15, -0.1) is 0 Å². The molecule has 8 aromatic carbocycles. The molecular weight excluding hydrogens is 679 g/mol. The second-order valence-electron chi connectivity index (χ2n) is 14.4. The summed E-state index contributed by atoms with van der Waals surface area (Å²) >= 11 is 0. The predicted octanol–water partition coefficient (Wildman–Crippen LogP) is 13.9. The quantitative estimate of drug-likeness (QED) is 0.168. The molecule has 262 valence electrons. The molecular formula is C53H35N3. The molecule has 11 aromatic rings. The van der Waals surface area contributed by atoms with Crippen LogP contribution < -0.4 is 0 Å². The van der Waals surface area contributed by atoms with E-state index < -0.39 is 0 Å².